The molecule has 0 atom stereocenters. The van der Waals surface area contributed by atoms with Crippen molar-refractivity contribution in [2.75, 3.05) is 11.9 Å². The van der Waals surface area contributed by atoms with Crippen LogP contribution in [0.4, 0.5) is 5.69 Å². The van der Waals surface area contributed by atoms with Crippen molar-refractivity contribution in [2.45, 2.75) is 0 Å². The number of anilines is 1. The van der Waals surface area contributed by atoms with Gasteiger partial charge in [0.1, 0.15) is 12.0 Å². The van der Waals surface area contributed by atoms with Crippen LogP contribution in [0, 0.1) is 0 Å². The van der Waals surface area contributed by atoms with Gasteiger partial charge in [0.15, 0.2) is 6.61 Å². The van der Waals surface area contributed by atoms with Gasteiger partial charge in [-0.25, -0.2) is 0 Å². The Morgan fingerprint density at radius 1 is 1.20 bits per heavy atom. The number of hydrogen-bond acceptors (Lipinski definition) is 3. The van der Waals surface area contributed by atoms with Crippen LogP contribution in [0.15, 0.2) is 48.5 Å². The first kappa shape index (κ1) is 14.1. The minimum absolute atomic E-state index is 0.118. The lowest BCUT2D eigenvalue weighted by molar-refractivity contribution is -0.118. The van der Waals surface area contributed by atoms with E-state index in [1.165, 1.54) is 0 Å². The third-order valence-corrected chi connectivity index (χ3v) is 2.73. The summed E-state index contributed by atoms with van der Waals surface area (Å²) in [5.74, 6) is 0.239. The van der Waals surface area contributed by atoms with E-state index in [4.69, 9.17) is 16.3 Å². The van der Waals surface area contributed by atoms with E-state index in [9.17, 15) is 9.59 Å². The van der Waals surface area contributed by atoms with Crippen LogP contribution in [0.25, 0.3) is 0 Å². The molecule has 1 N–H and O–H groups in total. The summed E-state index contributed by atoms with van der Waals surface area (Å²) in [7, 11) is 0. The zero-order chi connectivity index (χ0) is 14.4. The second-order valence-electron chi connectivity index (χ2n) is 4.03. The summed E-state index contributed by atoms with van der Waals surface area (Å²) in [6.07, 6.45) is 0.746. The van der Waals surface area contributed by atoms with Crippen molar-refractivity contribution in [3.05, 3.63) is 59.1 Å². The van der Waals surface area contributed by atoms with Gasteiger partial charge in [-0.05, 0) is 42.5 Å². The molecule has 4 nitrogen and oxygen atoms in total. The van der Waals surface area contributed by atoms with E-state index in [1.54, 1.807) is 48.5 Å². The SMILES string of the molecule is O=Cc1ccc(OCC(=O)Nc2cccc(Cl)c2)cc1. The summed E-state index contributed by atoms with van der Waals surface area (Å²) in [6, 6.07) is 13.4. The summed E-state index contributed by atoms with van der Waals surface area (Å²) >= 11 is 5.82. The standard InChI is InChI=1S/C15H12ClNO3/c16-12-2-1-3-13(8-12)17-15(19)10-20-14-6-4-11(9-18)5-7-14/h1-9H,10H2,(H,17,19). The molecule has 0 saturated carbocycles. The molecule has 1 amide bonds. The van der Waals surface area contributed by atoms with E-state index < -0.39 is 0 Å². The first-order valence-electron chi connectivity index (χ1n) is 5.91. The van der Waals surface area contributed by atoms with E-state index in [1.807, 2.05) is 0 Å². The number of halogens is 1. The van der Waals surface area contributed by atoms with Gasteiger partial charge in [-0.2, -0.15) is 0 Å². The molecule has 0 heterocycles. The maximum Gasteiger partial charge on any atom is 0.262 e. The largest absolute Gasteiger partial charge is 0.484 e. The first-order valence-corrected chi connectivity index (χ1v) is 6.28. The zero-order valence-electron chi connectivity index (χ0n) is 10.5. The molecule has 0 fully saturated rings. The number of rotatable bonds is 5. The predicted octanol–water partition coefficient (Wildman–Crippen LogP) is 3.17. The number of nitrogens with one attached hydrogen (secondary N) is 1. The van der Waals surface area contributed by atoms with Gasteiger partial charge in [-0.1, -0.05) is 17.7 Å². The van der Waals surface area contributed by atoms with Crippen LogP contribution in [0.1, 0.15) is 10.4 Å². The Kier molecular flexibility index (Phi) is 4.74. The summed E-state index contributed by atoms with van der Waals surface area (Å²) in [5, 5.41) is 3.22. The number of amides is 1. The maximum absolute atomic E-state index is 11.7. The van der Waals surface area contributed by atoms with Crippen LogP contribution in [0.2, 0.25) is 5.02 Å². The molecule has 2 aromatic carbocycles. The summed E-state index contributed by atoms with van der Waals surface area (Å²) in [6.45, 7) is -0.118. The lowest BCUT2D eigenvalue weighted by Gasteiger charge is -2.07. The quantitative estimate of drug-likeness (QED) is 0.860. The van der Waals surface area contributed by atoms with Crippen molar-refractivity contribution in [1.29, 1.82) is 0 Å². The molecule has 5 heteroatoms. The number of aldehydes is 1. The molecule has 0 radical (unpaired) electrons. The Morgan fingerprint density at radius 3 is 2.60 bits per heavy atom. The smallest absolute Gasteiger partial charge is 0.262 e. The normalized spacial score (nSPS) is 9.85. The maximum atomic E-state index is 11.7. The van der Waals surface area contributed by atoms with E-state index in [0.29, 0.717) is 22.0 Å². The van der Waals surface area contributed by atoms with E-state index in [0.717, 1.165) is 6.29 Å². The van der Waals surface area contributed by atoms with Gasteiger partial charge in [-0.15, -0.1) is 0 Å². The summed E-state index contributed by atoms with van der Waals surface area (Å²) in [4.78, 5) is 22.2. The second kappa shape index (κ2) is 6.73. The molecule has 0 bridgehead atoms. The lowest BCUT2D eigenvalue weighted by Crippen LogP contribution is -2.20. The van der Waals surface area contributed by atoms with Crippen LogP contribution in [0.5, 0.6) is 5.75 Å². The Labute approximate surface area is 121 Å². The van der Waals surface area contributed by atoms with Crippen LogP contribution < -0.4 is 10.1 Å². The number of carbonyl (C=O) groups is 2. The third kappa shape index (κ3) is 4.10. The predicted molar refractivity (Wildman–Crippen MR) is 77.4 cm³/mol. The molecule has 20 heavy (non-hydrogen) atoms. The van der Waals surface area contributed by atoms with Crippen molar-refractivity contribution in [2.24, 2.45) is 0 Å². The summed E-state index contributed by atoms with van der Waals surface area (Å²) in [5.41, 5.74) is 1.17. The van der Waals surface area contributed by atoms with E-state index in [-0.39, 0.29) is 12.5 Å². The van der Waals surface area contributed by atoms with Gasteiger partial charge in [0, 0.05) is 16.3 Å². The molecule has 0 spiro atoms. The molecule has 2 aromatic rings. The highest BCUT2D eigenvalue weighted by Crippen LogP contribution is 2.15. The van der Waals surface area contributed by atoms with Gasteiger partial charge in [0.25, 0.3) is 5.91 Å². The number of carbonyl (C=O) groups excluding carboxylic acids is 2. The highest BCUT2D eigenvalue weighted by Gasteiger charge is 2.04. The Balaban J connectivity index is 1.87. The van der Waals surface area contributed by atoms with Gasteiger partial charge in [0.2, 0.25) is 0 Å². The van der Waals surface area contributed by atoms with Crippen molar-refractivity contribution in [3.63, 3.8) is 0 Å². The van der Waals surface area contributed by atoms with Crippen molar-refractivity contribution >= 4 is 29.5 Å². The van der Waals surface area contributed by atoms with Gasteiger partial charge in [0.05, 0.1) is 0 Å². The topological polar surface area (TPSA) is 55.4 Å². The van der Waals surface area contributed by atoms with Gasteiger partial charge in [-0.3, -0.25) is 9.59 Å². The minimum Gasteiger partial charge on any atom is -0.484 e. The van der Waals surface area contributed by atoms with Crippen molar-refractivity contribution in [3.8, 4) is 5.75 Å². The molecule has 0 unspecified atom stereocenters. The molecule has 0 saturated heterocycles. The second-order valence-corrected chi connectivity index (χ2v) is 4.47. The number of hydrogen-bond donors (Lipinski definition) is 1. The third-order valence-electron chi connectivity index (χ3n) is 2.49. The summed E-state index contributed by atoms with van der Waals surface area (Å²) < 4.78 is 5.31. The van der Waals surface area contributed by atoms with E-state index >= 15 is 0 Å². The van der Waals surface area contributed by atoms with Crippen LogP contribution in [-0.2, 0) is 4.79 Å². The fourth-order valence-corrected chi connectivity index (χ4v) is 1.75. The highest BCUT2D eigenvalue weighted by molar-refractivity contribution is 6.30. The first-order chi connectivity index (χ1) is 9.67. The van der Waals surface area contributed by atoms with Crippen molar-refractivity contribution in [1.82, 2.24) is 0 Å². The van der Waals surface area contributed by atoms with Gasteiger partial charge >= 0.3 is 0 Å². The van der Waals surface area contributed by atoms with Crippen molar-refractivity contribution < 1.29 is 14.3 Å². The molecule has 0 aliphatic carbocycles. The Morgan fingerprint density at radius 2 is 1.95 bits per heavy atom. The Bertz CT molecular complexity index is 611. The van der Waals surface area contributed by atoms with E-state index in [2.05, 4.69) is 5.32 Å². The monoisotopic (exact) mass is 289 g/mol. The number of ether oxygens (including phenoxy) is 1. The minimum atomic E-state index is -0.285. The molecule has 0 aromatic heterocycles. The molecular formula is C15H12ClNO3. The zero-order valence-corrected chi connectivity index (χ0v) is 11.3. The molecular weight excluding hydrogens is 278 g/mol. The van der Waals surface area contributed by atoms with Crippen LogP contribution in [-0.4, -0.2) is 18.8 Å². The average Bonchev–Trinajstić information content (AvgIpc) is 2.46. The molecule has 0 aliphatic heterocycles. The van der Waals surface area contributed by atoms with Crippen LogP contribution >= 0.6 is 11.6 Å². The van der Waals surface area contributed by atoms with Crippen LogP contribution in [0.3, 0.4) is 0 Å². The lowest BCUT2D eigenvalue weighted by atomic mass is 10.2. The highest BCUT2D eigenvalue weighted by atomic mass is 35.5. The molecule has 0 aliphatic rings. The fourth-order valence-electron chi connectivity index (χ4n) is 1.55. The molecule has 2 rings (SSSR count). The average molecular weight is 290 g/mol. The Hall–Kier alpha value is -2.33. The van der Waals surface area contributed by atoms with Gasteiger partial charge < -0.3 is 10.1 Å². The number of benzene rings is 2. The molecule has 102 valence electrons. The fraction of sp³-hybridized carbons (Fsp3) is 0.0667.